The number of carbonyl (C=O) groups is 1. The molecule has 2 rings (SSSR count). The smallest absolute Gasteiger partial charge is 0.224 e. The Kier molecular flexibility index (Phi) is 6.23. The minimum absolute atomic E-state index is 0. The molecule has 0 bridgehead atoms. The summed E-state index contributed by atoms with van der Waals surface area (Å²) in [6, 6.07) is 4.48. The lowest BCUT2D eigenvalue weighted by Gasteiger charge is -2.15. The number of carbonyl (C=O) groups excluding carboxylic acids is 1. The van der Waals surface area contributed by atoms with Crippen LogP contribution in [0.3, 0.4) is 0 Å². The highest BCUT2D eigenvalue weighted by Crippen LogP contribution is 2.27. The molecule has 0 spiro atoms. The van der Waals surface area contributed by atoms with E-state index in [-0.39, 0.29) is 36.0 Å². The van der Waals surface area contributed by atoms with E-state index >= 15 is 0 Å². The monoisotopic (exact) mass is 302 g/mol. The molecule has 0 saturated heterocycles. The van der Waals surface area contributed by atoms with E-state index in [4.69, 9.17) is 10.5 Å². The molecule has 2 atom stereocenters. The van der Waals surface area contributed by atoms with Crippen molar-refractivity contribution in [3.8, 4) is 5.75 Å². The van der Waals surface area contributed by atoms with Gasteiger partial charge in [0.25, 0.3) is 0 Å². The molecular weight excluding hydrogens is 283 g/mol. The molecule has 112 valence electrons. The van der Waals surface area contributed by atoms with Crippen LogP contribution in [0.25, 0.3) is 0 Å². The van der Waals surface area contributed by atoms with Crippen LogP contribution < -0.4 is 15.8 Å². The van der Waals surface area contributed by atoms with E-state index in [0.29, 0.717) is 12.1 Å². The number of anilines is 1. The summed E-state index contributed by atoms with van der Waals surface area (Å²) in [6.07, 6.45) is 3.45. The van der Waals surface area contributed by atoms with Crippen molar-refractivity contribution < 1.29 is 13.9 Å². The third-order valence-corrected chi connectivity index (χ3v) is 3.60. The van der Waals surface area contributed by atoms with Gasteiger partial charge in [-0.15, -0.1) is 12.4 Å². The van der Waals surface area contributed by atoms with Crippen molar-refractivity contribution in [2.45, 2.75) is 31.7 Å². The van der Waals surface area contributed by atoms with Gasteiger partial charge in [-0.05, 0) is 30.9 Å². The number of methoxy groups -OCH3 is 1. The summed E-state index contributed by atoms with van der Waals surface area (Å²) in [6.45, 7) is 0. The van der Waals surface area contributed by atoms with Gasteiger partial charge in [-0.3, -0.25) is 4.79 Å². The van der Waals surface area contributed by atoms with E-state index in [1.54, 1.807) is 6.07 Å². The molecule has 1 aliphatic rings. The molecule has 0 radical (unpaired) electrons. The van der Waals surface area contributed by atoms with Gasteiger partial charge in [-0.2, -0.15) is 0 Å². The fourth-order valence-electron chi connectivity index (χ4n) is 2.51. The highest BCUT2D eigenvalue weighted by Gasteiger charge is 2.26. The predicted molar refractivity (Wildman–Crippen MR) is 78.8 cm³/mol. The maximum Gasteiger partial charge on any atom is 0.224 e. The lowest BCUT2D eigenvalue weighted by atomic mass is 10.00. The van der Waals surface area contributed by atoms with Crippen LogP contribution in [0.2, 0.25) is 0 Å². The summed E-state index contributed by atoms with van der Waals surface area (Å²) in [7, 11) is 1.40. The Morgan fingerprint density at radius 1 is 1.50 bits per heavy atom. The SMILES string of the molecule is COc1ccc(NC(=O)C[C@@H]2CCC[C@H]2N)cc1F.Cl. The summed E-state index contributed by atoms with van der Waals surface area (Å²) >= 11 is 0. The predicted octanol–water partition coefficient (Wildman–Crippen LogP) is 2.71. The molecule has 20 heavy (non-hydrogen) atoms. The van der Waals surface area contributed by atoms with Gasteiger partial charge in [-0.1, -0.05) is 6.42 Å². The van der Waals surface area contributed by atoms with E-state index in [1.807, 2.05) is 0 Å². The zero-order valence-corrected chi connectivity index (χ0v) is 12.2. The topological polar surface area (TPSA) is 64.3 Å². The van der Waals surface area contributed by atoms with Crippen LogP contribution in [0.5, 0.6) is 5.75 Å². The van der Waals surface area contributed by atoms with Crippen LogP contribution in [-0.2, 0) is 4.79 Å². The highest BCUT2D eigenvalue weighted by atomic mass is 35.5. The van der Waals surface area contributed by atoms with Gasteiger partial charge < -0.3 is 15.8 Å². The number of amides is 1. The molecule has 1 aliphatic carbocycles. The van der Waals surface area contributed by atoms with Crippen LogP contribution in [0.4, 0.5) is 10.1 Å². The Morgan fingerprint density at radius 3 is 2.80 bits per heavy atom. The zero-order chi connectivity index (χ0) is 13.8. The Morgan fingerprint density at radius 2 is 2.25 bits per heavy atom. The molecule has 1 amide bonds. The van der Waals surface area contributed by atoms with Crippen molar-refractivity contribution in [2.24, 2.45) is 11.7 Å². The Hall–Kier alpha value is -1.33. The lowest BCUT2D eigenvalue weighted by molar-refractivity contribution is -0.117. The van der Waals surface area contributed by atoms with Crippen molar-refractivity contribution in [1.29, 1.82) is 0 Å². The fourth-order valence-corrected chi connectivity index (χ4v) is 2.51. The molecule has 6 heteroatoms. The average Bonchev–Trinajstić information content (AvgIpc) is 2.75. The van der Waals surface area contributed by atoms with Crippen molar-refractivity contribution >= 4 is 24.0 Å². The van der Waals surface area contributed by atoms with E-state index in [1.165, 1.54) is 19.2 Å². The second kappa shape index (κ2) is 7.45. The van der Waals surface area contributed by atoms with Gasteiger partial charge in [0.2, 0.25) is 5.91 Å². The van der Waals surface area contributed by atoms with Gasteiger partial charge in [0.1, 0.15) is 0 Å². The normalized spacial score (nSPS) is 21.1. The first-order valence-electron chi connectivity index (χ1n) is 6.49. The first kappa shape index (κ1) is 16.7. The summed E-state index contributed by atoms with van der Waals surface area (Å²) in [5.74, 6) is -0.205. The zero-order valence-electron chi connectivity index (χ0n) is 11.4. The van der Waals surface area contributed by atoms with Crippen LogP contribution >= 0.6 is 12.4 Å². The average molecular weight is 303 g/mol. The minimum Gasteiger partial charge on any atom is -0.494 e. The van der Waals surface area contributed by atoms with Gasteiger partial charge in [0.05, 0.1) is 7.11 Å². The van der Waals surface area contributed by atoms with Gasteiger partial charge in [-0.25, -0.2) is 4.39 Å². The number of nitrogens with two attached hydrogens (primary N) is 1. The molecule has 0 aliphatic heterocycles. The van der Waals surface area contributed by atoms with E-state index in [0.717, 1.165) is 19.3 Å². The number of rotatable bonds is 4. The summed E-state index contributed by atoms with van der Waals surface area (Å²) in [5.41, 5.74) is 6.37. The molecule has 0 heterocycles. The quantitative estimate of drug-likeness (QED) is 0.899. The van der Waals surface area contributed by atoms with Gasteiger partial charge in [0, 0.05) is 24.2 Å². The summed E-state index contributed by atoms with van der Waals surface area (Å²) in [5, 5.41) is 2.69. The van der Waals surface area contributed by atoms with Crippen molar-refractivity contribution in [3.63, 3.8) is 0 Å². The number of hydrogen-bond donors (Lipinski definition) is 2. The number of ether oxygens (including phenoxy) is 1. The van der Waals surface area contributed by atoms with Crippen LogP contribution in [-0.4, -0.2) is 19.1 Å². The number of benzene rings is 1. The second-order valence-electron chi connectivity index (χ2n) is 4.96. The maximum atomic E-state index is 13.5. The van der Waals surface area contributed by atoms with E-state index < -0.39 is 5.82 Å². The molecular formula is C14H20ClFN2O2. The van der Waals surface area contributed by atoms with Gasteiger partial charge >= 0.3 is 0 Å². The van der Waals surface area contributed by atoms with Crippen LogP contribution in [0.15, 0.2) is 18.2 Å². The third kappa shape index (κ3) is 4.08. The molecule has 0 aromatic heterocycles. The van der Waals surface area contributed by atoms with Crippen molar-refractivity contribution in [1.82, 2.24) is 0 Å². The van der Waals surface area contributed by atoms with Crippen LogP contribution in [0.1, 0.15) is 25.7 Å². The molecule has 1 saturated carbocycles. The van der Waals surface area contributed by atoms with Crippen molar-refractivity contribution in [2.75, 3.05) is 12.4 Å². The number of nitrogens with one attached hydrogen (secondary N) is 1. The van der Waals surface area contributed by atoms with Gasteiger partial charge in [0.15, 0.2) is 11.6 Å². The van der Waals surface area contributed by atoms with E-state index in [2.05, 4.69) is 5.32 Å². The molecule has 1 aromatic carbocycles. The Labute approximate surface area is 124 Å². The minimum atomic E-state index is -0.488. The lowest BCUT2D eigenvalue weighted by Crippen LogP contribution is -2.28. The Bertz CT molecular complexity index is 470. The Balaban J connectivity index is 0.00000200. The molecule has 4 nitrogen and oxygen atoms in total. The van der Waals surface area contributed by atoms with Crippen LogP contribution in [0, 0.1) is 11.7 Å². The first-order chi connectivity index (χ1) is 9.10. The number of hydrogen-bond acceptors (Lipinski definition) is 3. The second-order valence-corrected chi connectivity index (χ2v) is 4.96. The molecule has 3 N–H and O–H groups in total. The first-order valence-corrected chi connectivity index (χ1v) is 6.49. The van der Waals surface area contributed by atoms with Crippen molar-refractivity contribution in [3.05, 3.63) is 24.0 Å². The fraction of sp³-hybridized carbons (Fsp3) is 0.500. The standard InChI is InChI=1S/C14H19FN2O2.ClH/c1-19-13-6-5-10(8-11(13)15)17-14(18)7-9-3-2-4-12(9)16;/h5-6,8-9,12H,2-4,7,16H2,1H3,(H,17,18);1H/t9-,12+;/m0./s1. The molecule has 0 unspecified atom stereocenters. The summed E-state index contributed by atoms with van der Waals surface area (Å²) in [4.78, 5) is 11.9. The molecule has 1 fully saturated rings. The summed E-state index contributed by atoms with van der Waals surface area (Å²) < 4.78 is 18.3. The number of halogens is 2. The maximum absolute atomic E-state index is 13.5. The van der Waals surface area contributed by atoms with E-state index in [9.17, 15) is 9.18 Å². The molecule has 1 aromatic rings. The highest BCUT2D eigenvalue weighted by molar-refractivity contribution is 5.91. The third-order valence-electron chi connectivity index (χ3n) is 3.60. The largest absolute Gasteiger partial charge is 0.494 e.